The first kappa shape index (κ1) is 13.8. The zero-order valence-corrected chi connectivity index (χ0v) is 10.8. The molecule has 0 saturated carbocycles. The molecular weight excluding hydrogens is 288 g/mol. The number of aromatic nitrogens is 1. The third-order valence-electron chi connectivity index (χ3n) is 2.24. The van der Waals surface area contributed by atoms with Gasteiger partial charge in [0.05, 0.1) is 0 Å². The maximum Gasteiger partial charge on any atom is 0.318 e. The summed E-state index contributed by atoms with van der Waals surface area (Å²) in [6.07, 6.45) is 0. The summed E-state index contributed by atoms with van der Waals surface area (Å²) < 4.78 is 28.8. The molecule has 0 atom stereocenters. The van der Waals surface area contributed by atoms with E-state index in [0.29, 0.717) is 5.69 Å². The van der Waals surface area contributed by atoms with Crippen molar-refractivity contribution in [2.24, 2.45) is 5.73 Å². The van der Waals surface area contributed by atoms with Crippen LogP contribution in [0.4, 0.5) is 10.5 Å². The number of oxazole rings is 1. The van der Waals surface area contributed by atoms with E-state index in [1.165, 1.54) is 18.2 Å². The van der Waals surface area contributed by atoms with E-state index in [2.05, 4.69) is 4.98 Å². The molecule has 106 valence electrons. The summed E-state index contributed by atoms with van der Waals surface area (Å²) in [5.41, 5.74) is 11.1. The number of primary amides is 1. The number of carbonyl (C=O) groups excluding carboxylic acids is 2. The molecule has 0 radical (unpaired) electrons. The molecule has 1 aromatic heterocycles. The molecule has 0 fully saturated rings. The van der Waals surface area contributed by atoms with Crippen LogP contribution >= 0.6 is 0 Å². The van der Waals surface area contributed by atoms with Gasteiger partial charge in [0.15, 0.2) is 5.58 Å². The van der Waals surface area contributed by atoms with Gasteiger partial charge in [-0.25, -0.2) is 13.2 Å². The van der Waals surface area contributed by atoms with Crippen molar-refractivity contribution in [2.45, 2.75) is 5.22 Å². The van der Waals surface area contributed by atoms with E-state index >= 15 is 0 Å². The lowest BCUT2D eigenvalue weighted by Gasteiger charge is -1.99. The molecule has 20 heavy (non-hydrogen) atoms. The fourth-order valence-electron chi connectivity index (χ4n) is 1.46. The van der Waals surface area contributed by atoms with Gasteiger partial charge in [0, 0.05) is 11.8 Å². The van der Waals surface area contributed by atoms with E-state index < -0.39 is 32.8 Å². The highest BCUT2D eigenvalue weighted by atomic mass is 32.2. The van der Waals surface area contributed by atoms with Crippen LogP contribution in [0.1, 0.15) is 0 Å². The van der Waals surface area contributed by atoms with E-state index in [9.17, 15) is 18.0 Å². The van der Waals surface area contributed by atoms with Crippen LogP contribution in [-0.2, 0) is 14.6 Å². The number of nitrogen functional groups attached to an aromatic ring is 1. The maximum absolute atomic E-state index is 11.9. The average Bonchev–Trinajstić information content (AvgIpc) is 2.70. The molecule has 3 amide bonds. The van der Waals surface area contributed by atoms with Gasteiger partial charge in [-0.2, -0.15) is 4.98 Å². The lowest BCUT2D eigenvalue weighted by Crippen LogP contribution is -2.38. The van der Waals surface area contributed by atoms with Gasteiger partial charge in [0.2, 0.25) is 15.7 Å². The summed E-state index contributed by atoms with van der Waals surface area (Å²) in [6, 6.07) is 3.28. The number of hydrogen-bond donors (Lipinski definition) is 3. The third kappa shape index (κ3) is 2.85. The molecule has 0 unspecified atom stereocenters. The molecule has 5 N–H and O–H groups in total. The first-order valence-electron chi connectivity index (χ1n) is 5.26. The molecular formula is C10H10N4O5S. The van der Waals surface area contributed by atoms with Crippen molar-refractivity contribution in [3.8, 4) is 0 Å². The molecule has 0 aliphatic carbocycles. The number of rotatable bonds is 3. The van der Waals surface area contributed by atoms with Crippen LogP contribution in [-0.4, -0.2) is 31.1 Å². The molecule has 10 heteroatoms. The smallest absolute Gasteiger partial charge is 0.318 e. The summed E-state index contributed by atoms with van der Waals surface area (Å²) >= 11 is 0. The van der Waals surface area contributed by atoms with Crippen molar-refractivity contribution in [3.05, 3.63) is 18.2 Å². The van der Waals surface area contributed by atoms with E-state index in [-0.39, 0.29) is 11.1 Å². The van der Waals surface area contributed by atoms with Crippen LogP contribution < -0.4 is 16.8 Å². The molecule has 2 rings (SSSR count). The largest absolute Gasteiger partial charge is 0.428 e. The Balaban J connectivity index is 2.32. The second kappa shape index (κ2) is 4.81. The highest BCUT2D eigenvalue weighted by molar-refractivity contribution is 7.91. The Kier molecular flexibility index (Phi) is 3.32. The van der Waals surface area contributed by atoms with Gasteiger partial charge in [-0.05, 0) is 12.1 Å². The molecule has 1 aromatic carbocycles. The van der Waals surface area contributed by atoms with Crippen LogP contribution in [0, 0.1) is 0 Å². The van der Waals surface area contributed by atoms with Crippen molar-refractivity contribution in [3.63, 3.8) is 0 Å². The molecule has 0 bridgehead atoms. The summed E-state index contributed by atoms with van der Waals surface area (Å²) in [4.78, 5) is 25.4. The number of fused-ring (bicyclic) bond motifs is 1. The monoisotopic (exact) mass is 298 g/mol. The van der Waals surface area contributed by atoms with Gasteiger partial charge in [-0.15, -0.1) is 0 Å². The van der Waals surface area contributed by atoms with Crippen molar-refractivity contribution in [1.29, 1.82) is 0 Å². The Morgan fingerprint density at radius 2 is 2.05 bits per heavy atom. The van der Waals surface area contributed by atoms with Crippen LogP contribution in [0.25, 0.3) is 11.1 Å². The maximum atomic E-state index is 11.9. The number of sulfone groups is 1. The number of nitrogens with one attached hydrogen (secondary N) is 1. The topological polar surface area (TPSA) is 158 Å². The van der Waals surface area contributed by atoms with Crippen molar-refractivity contribution < 1.29 is 22.4 Å². The Labute approximate surface area is 112 Å². The number of amides is 3. The van der Waals surface area contributed by atoms with Gasteiger partial charge >= 0.3 is 11.3 Å². The van der Waals surface area contributed by atoms with E-state index in [0.717, 1.165) is 0 Å². The predicted molar refractivity (Wildman–Crippen MR) is 68.2 cm³/mol. The third-order valence-corrected chi connectivity index (χ3v) is 3.59. The first-order valence-corrected chi connectivity index (χ1v) is 6.91. The lowest BCUT2D eigenvalue weighted by atomic mass is 10.3. The van der Waals surface area contributed by atoms with Gasteiger partial charge in [-0.1, -0.05) is 0 Å². The Bertz CT molecular complexity index is 795. The number of hydrogen-bond acceptors (Lipinski definition) is 7. The predicted octanol–water partition coefficient (Wildman–Crippen LogP) is -0.621. The van der Waals surface area contributed by atoms with Gasteiger partial charge in [-0.3, -0.25) is 10.1 Å². The Morgan fingerprint density at radius 3 is 2.70 bits per heavy atom. The molecule has 2 aromatic rings. The van der Waals surface area contributed by atoms with Gasteiger partial charge in [0.25, 0.3) is 0 Å². The molecule has 0 saturated heterocycles. The van der Waals surface area contributed by atoms with Crippen LogP contribution in [0.5, 0.6) is 0 Å². The summed E-state index contributed by atoms with van der Waals surface area (Å²) in [5, 5.41) is 1.02. The SMILES string of the molecule is NC(=O)NC(=O)CS(=O)(=O)c1nc2ccc(N)cc2o1. The van der Waals surface area contributed by atoms with Gasteiger partial charge < -0.3 is 15.9 Å². The quantitative estimate of drug-likeness (QED) is 0.636. The minimum Gasteiger partial charge on any atom is -0.428 e. The molecule has 0 aliphatic rings. The molecule has 0 aliphatic heterocycles. The Morgan fingerprint density at radius 1 is 1.35 bits per heavy atom. The van der Waals surface area contributed by atoms with Crippen molar-refractivity contribution in [1.82, 2.24) is 10.3 Å². The first-order chi connectivity index (χ1) is 9.28. The van der Waals surface area contributed by atoms with Crippen molar-refractivity contribution in [2.75, 3.05) is 11.5 Å². The van der Waals surface area contributed by atoms with Crippen LogP contribution in [0.15, 0.2) is 27.8 Å². The fraction of sp³-hybridized carbons (Fsp3) is 0.100. The minimum absolute atomic E-state index is 0.180. The summed E-state index contributed by atoms with van der Waals surface area (Å²) in [7, 11) is -4.12. The highest BCUT2D eigenvalue weighted by Gasteiger charge is 2.26. The van der Waals surface area contributed by atoms with Gasteiger partial charge in [0.1, 0.15) is 11.3 Å². The van der Waals surface area contributed by atoms with Crippen molar-refractivity contribution >= 4 is 38.6 Å². The summed E-state index contributed by atoms with van der Waals surface area (Å²) in [6.45, 7) is 0. The average molecular weight is 298 g/mol. The number of nitrogens with zero attached hydrogens (tertiary/aromatic N) is 1. The van der Waals surface area contributed by atoms with E-state index in [4.69, 9.17) is 15.9 Å². The number of anilines is 1. The van der Waals surface area contributed by atoms with E-state index in [1.54, 1.807) is 5.32 Å². The number of carbonyl (C=O) groups is 2. The molecule has 0 spiro atoms. The second-order valence-corrected chi connectivity index (χ2v) is 5.75. The number of urea groups is 1. The molecule has 1 heterocycles. The van der Waals surface area contributed by atoms with Crippen LogP contribution in [0.3, 0.4) is 0 Å². The zero-order chi connectivity index (χ0) is 14.9. The number of benzene rings is 1. The lowest BCUT2D eigenvalue weighted by molar-refractivity contribution is -0.117. The van der Waals surface area contributed by atoms with E-state index in [1.807, 2.05) is 0 Å². The number of nitrogens with two attached hydrogens (primary N) is 2. The molecule has 9 nitrogen and oxygen atoms in total. The number of imide groups is 1. The van der Waals surface area contributed by atoms with Crippen LogP contribution in [0.2, 0.25) is 0 Å². The zero-order valence-electron chi connectivity index (χ0n) is 9.99. The normalized spacial score (nSPS) is 11.4. The minimum atomic E-state index is -4.12. The summed E-state index contributed by atoms with van der Waals surface area (Å²) in [5.74, 6) is -2.07. The Hall–Kier alpha value is -2.62. The second-order valence-electron chi connectivity index (χ2n) is 3.88. The fourth-order valence-corrected chi connectivity index (χ4v) is 2.46. The highest BCUT2D eigenvalue weighted by Crippen LogP contribution is 2.21. The standard InChI is InChI=1S/C10H10N4O5S/c11-5-1-2-6-7(3-5)19-10(13-6)20(17,18)4-8(15)14-9(12)16/h1-3H,4,11H2,(H3,12,14,15,16).